The van der Waals surface area contributed by atoms with Gasteiger partial charge in [0.15, 0.2) is 15.8 Å². The highest BCUT2D eigenvalue weighted by molar-refractivity contribution is 14.0. The van der Waals surface area contributed by atoms with Gasteiger partial charge >= 0.3 is 0 Å². The Morgan fingerprint density at radius 1 is 1.21 bits per heavy atom. The molecule has 0 aliphatic carbocycles. The summed E-state index contributed by atoms with van der Waals surface area (Å²) >= 11 is 0. The number of benzene rings is 1. The molecular weight excluding hydrogens is 487 g/mol. The van der Waals surface area contributed by atoms with Gasteiger partial charge in [-0.05, 0) is 58.2 Å². The molecule has 0 aliphatic heterocycles. The van der Waals surface area contributed by atoms with Crippen LogP contribution in [-0.2, 0) is 16.3 Å². The Kier molecular flexibility index (Phi) is 9.26. The van der Waals surface area contributed by atoms with Crippen LogP contribution in [0.5, 0.6) is 0 Å². The summed E-state index contributed by atoms with van der Waals surface area (Å²) in [5, 5.41) is 7.70. The van der Waals surface area contributed by atoms with Gasteiger partial charge in [-0.15, -0.1) is 24.0 Å². The molecule has 0 aliphatic rings. The minimum atomic E-state index is -3.16. The Balaban J connectivity index is 0.00000392. The molecule has 28 heavy (non-hydrogen) atoms. The summed E-state index contributed by atoms with van der Waals surface area (Å²) in [5.74, 6) is 0.701. The Morgan fingerprint density at radius 2 is 1.93 bits per heavy atom. The maximum absolute atomic E-state index is 12.2. The van der Waals surface area contributed by atoms with Crippen molar-refractivity contribution in [2.75, 3.05) is 25.4 Å². The Labute approximate surface area is 185 Å². The second-order valence-electron chi connectivity index (χ2n) is 7.73. The van der Waals surface area contributed by atoms with Crippen LogP contribution in [0.3, 0.4) is 0 Å². The van der Waals surface area contributed by atoms with Crippen molar-refractivity contribution in [1.29, 1.82) is 0 Å². The number of nitrogens with one attached hydrogen (secondary N) is 3. The first kappa shape index (κ1) is 24.7. The van der Waals surface area contributed by atoms with E-state index in [1.165, 1.54) is 16.5 Å². The molecule has 1 aromatic carbocycles. The number of guanidine groups is 1. The van der Waals surface area contributed by atoms with E-state index in [-0.39, 0.29) is 36.3 Å². The van der Waals surface area contributed by atoms with Crippen molar-refractivity contribution in [3.8, 4) is 0 Å². The molecule has 0 spiro atoms. The van der Waals surface area contributed by atoms with E-state index in [0.717, 1.165) is 25.0 Å². The minimum Gasteiger partial charge on any atom is -0.361 e. The van der Waals surface area contributed by atoms with E-state index in [1.807, 2.05) is 13.1 Å². The monoisotopic (exact) mass is 520 g/mol. The molecular formula is C20H33IN4O2S. The summed E-state index contributed by atoms with van der Waals surface area (Å²) in [4.78, 5) is 7.73. The van der Waals surface area contributed by atoms with Gasteiger partial charge in [0.05, 0.1) is 17.0 Å². The first-order valence-electron chi connectivity index (χ1n) is 9.45. The zero-order valence-corrected chi connectivity index (χ0v) is 20.6. The fourth-order valence-corrected chi connectivity index (χ4v) is 3.69. The number of aromatic nitrogens is 1. The number of halogens is 1. The Morgan fingerprint density at radius 3 is 2.57 bits per heavy atom. The number of aromatic amines is 1. The summed E-state index contributed by atoms with van der Waals surface area (Å²) < 4.78 is 23.6. The Hall–Kier alpha value is -1.29. The SMILES string of the molecule is CCNC(=NCCS(=O)(=O)C(C)(C)C)NCCc1c[nH]c2cc(C)ccc12.I. The van der Waals surface area contributed by atoms with Crippen molar-refractivity contribution in [2.24, 2.45) is 4.99 Å². The highest BCUT2D eigenvalue weighted by Crippen LogP contribution is 2.19. The molecule has 1 heterocycles. The molecule has 1 aromatic heterocycles. The summed E-state index contributed by atoms with van der Waals surface area (Å²) in [5.41, 5.74) is 3.64. The molecule has 0 saturated heterocycles. The van der Waals surface area contributed by atoms with E-state index in [9.17, 15) is 8.42 Å². The first-order chi connectivity index (χ1) is 12.6. The molecule has 3 N–H and O–H groups in total. The lowest BCUT2D eigenvalue weighted by Crippen LogP contribution is -2.39. The van der Waals surface area contributed by atoms with Crippen molar-refractivity contribution in [3.63, 3.8) is 0 Å². The standard InChI is InChI=1S/C20H32N4O2S.HI/c1-6-21-19(23-11-12-27(25,26)20(3,4)5)22-10-9-16-14-24-18-13-15(2)7-8-17(16)18;/h7-8,13-14,24H,6,9-12H2,1-5H3,(H2,21,22,23);1H. The number of aliphatic imine (C=N–C) groups is 1. The molecule has 0 saturated carbocycles. The number of sulfone groups is 1. The molecule has 0 atom stereocenters. The van der Waals surface area contributed by atoms with Crippen LogP contribution in [0.1, 0.15) is 38.8 Å². The molecule has 0 bridgehead atoms. The maximum Gasteiger partial charge on any atom is 0.191 e. The average Bonchev–Trinajstić information content (AvgIpc) is 2.96. The van der Waals surface area contributed by atoms with Gasteiger partial charge < -0.3 is 15.6 Å². The van der Waals surface area contributed by atoms with E-state index in [0.29, 0.717) is 5.96 Å². The van der Waals surface area contributed by atoms with Crippen molar-refractivity contribution >= 4 is 50.7 Å². The van der Waals surface area contributed by atoms with Gasteiger partial charge in [-0.1, -0.05) is 12.1 Å². The number of H-pyrrole nitrogens is 1. The smallest absolute Gasteiger partial charge is 0.191 e. The quantitative estimate of drug-likeness (QED) is 0.297. The molecule has 0 radical (unpaired) electrons. The van der Waals surface area contributed by atoms with Crippen molar-refractivity contribution in [3.05, 3.63) is 35.5 Å². The van der Waals surface area contributed by atoms with Crippen LogP contribution in [-0.4, -0.2) is 49.5 Å². The number of aryl methyl sites for hydroxylation is 1. The zero-order chi connectivity index (χ0) is 20.1. The van der Waals surface area contributed by atoms with Crippen LogP contribution in [0.2, 0.25) is 0 Å². The minimum absolute atomic E-state index is 0. The molecule has 0 unspecified atom stereocenters. The lowest BCUT2D eigenvalue weighted by atomic mass is 10.1. The molecule has 158 valence electrons. The molecule has 2 aromatic rings. The maximum atomic E-state index is 12.2. The van der Waals surface area contributed by atoms with Crippen LogP contribution < -0.4 is 10.6 Å². The third-order valence-electron chi connectivity index (χ3n) is 4.52. The second kappa shape index (κ2) is 10.5. The average molecular weight is 520 g/mol. The largest absolute Gasteiger partial charge is 0.361 e. The van der Waals surface area contributed by atoms with E-state index in [2.05, 4.69) is 45.7 Å². The van der Waals surface area contributed by atoms with Crippen molar-refractivity contribution in [2.45, 2.75) is 45.8 Å². The first-order valence-corrected chi connectivity index (χ1v) is 11.1. The highest BCUT2D eigenvalue weighted by Gasteiger charge is 2.28. The van der Waals surface area contributed by atoms with Gasteiger partial charge in [-0.25, -0.2) is 8.42 Å². The predicted octanol–water partition coefficient (Wildman–Crippen LogP) is 3.41. The van der Waals surface area contributed by atoms with Crippen molar-refractivity contribution < 1.29 is 8.42 Å². The number of hydrogen-bond donors (Lipinski definition) is 3. The van der Waals surface area contributed by atoms with Gasteiger partial charge in [-0.2, -0.15) is 0 Å². The van der Waals surface area contributed by atoms with Crippen LogP contribution in [0.4, 0.5) is 0 Å². The molecule has 8 heteroatoms. The van der Waals surface area contributed by atoms with Gasteiger partial charge in [0.1, 0.15) is 0 Å². The number of hydrogen-bond acceptors (Lipinski definition) is 3. The second-order valence-corrected chi connectivity index (χ2v) is 10.6. The molecule has 6 nitrogen and oxygen atoms in total. The van der Waals surface area contributed by atoms with Crippen LogP contribution in [0, 0.1) is 6.92 Å². The van der Waals surface area contributed by atoms with Gasteiger partial charge in [-0.3, -0.25) is 4.99 Å². The zero-order valence-electron chi connectivity index (χ0n) is 17.4. The number of rotatable bonds is 7. The highest BCUT2D eigenvalue weighted by atomic mass is 127. The topological polar surface area (TPSA) is 86.3 Å². The van der Waals surface area contributed by atoms with E-state index >= 15 is 0 Å². The van der Waals surface area contributed by atoms with Crippen LogP contribution >= 0.6 is 24.0 Å². The van der Waals surface area contributed by atoms with Gasteiger partial charge in [0.25, 0.3) is 0 Å². The van der Waals surface area contributed by atoms with Gasteiger partial charge in [0, 0.05) is 30.2 Å². The third-order valence-corrected chi connectivity index (χ3v) is 7.10. The molecule has 0 amide bonds. The summed E-state index contributed by atoms with van der Waals surface area (Å²) in [6.07, 6.45) is 2.90. The lowest BCUT2D eigenvalue weighted by molar-refractivity contribution is 0.560. The number of nitrogens with zero attached hydrogens (tertiary/aromatic N) is 1. The summed E-state index contributed by atoms with van der Waals surface area (Å²) in [6.45, 7) is 10.9. The summed E-state index contributed by atoms with van der Waals surface area (Å²) in [6, 6.07) is 6.41. The van der Waals surface area contributed by atoms with Crippen LogP contribution in [0.25, 0.3) is 10.9 Å². The molecule has 0 fully saturated rings. The lowest BCUT2D eigenvalue weighted by Gasteiger charge is -2.18. The Bertz CT molecular complexity index is 899. The van der Waals surface area contributed by atoms with Gasteiger partial charge in [0.2, 0.25) is 0 Å². The van der Waals surface area contributed by atoms with E-state index in [1.54, 1.807) is 20.8 Å². The van der Waals surface area contributed by atoms with E-state index < -0.39 is 14.6 Å². The normalized spacial score (nSPS) is 12.7. The fourth-order valence-electron chi connectivity index (χ4n) is 2.75. The third kappa shape index (κ3) is 6.65. The van der Waals surface area contributed by atoms with Crippen LogP contribution in [0.15, 0.2) is 29.4 Å². The predicted molar refractivity (Wildman–Crippen MR) is 130 cm³/mol. The fraction of sp³-hybridized carbons (Fsp3) is 0.550. The molecule has 2 rings (SSSR count). The summed E-state index contributed by atoms with van der Waals surface area (Å²) in [7, 11) is -3.16. The number of fused-ring (bicyclic) bond motifs is 1. The van der Waals surface area contributed by atoms with E-state index in [4.69, 9.17) is 0 Å². The van der Waals surface area contributed by atoms with Crippen molar-refractivity contribution in [1.82, 2.24) is 15.6 Å².